The Kier molecular flexibility index (Phi) is 3.76. The summed E-state index contributed by atoms with van der Waals surface area (Å²) in [7, 11) is 0. The summed E-state index contributed by atoms with van der Waals surface area (Å²) in [4.78, 5) is 8.33. The van der Waals surface area contributed by atoms with E-state index in [1.807, 2.05) is 13.0 Å². The molecule has 0 spiro atoms. The average Bonchev–Trinajstić information content (AvgIpc) is 2.93. The number of rotatable bonds is 5. The minimum Gasteiger partial charge on any atom is -0.492 e. The van der Waals surface area contributed by atoms with Crippen LogP contribution in [0.5, 0.6) is 5.75 Å². The Bertz CT molecular complexity index is 741. The van der Waals surface area contributed by atoms with E-state index in [4.69, 9.17) is 10.6 Å². The monoisotopic (exact) mass is 284 g/mol. The molecule has 3 aromatic heterocycles. The van der Waals surface area contributed by atoms with Gasteiger partial charge in [-0.15, -0.1) is 0 Å². The fourth-order valence-corrected chi connectivity index (χ4v) is 2.28. The molecule has 0 saturated heterocycles. The van der Waals surface area contributed by atoms with E-state index in [0.717, 1.165) is 16.6 Å². The van der Waals surface area contributed by atoms with Crippen LogP contribution < -0.4 is 16.0 Å². The summed E-state index contributed by atoms with van der Waals surface area (Å²) in [6, 6.07) is 1.68. The summed E-state index contributed by atoms with van der Waals surface area (Å²) in [6.07, 6.45) is 10.4. The van der Waals surface area contributed by atoms with Gasteiger partial charge in [0.25, 0.3) is 0 Å². The molecule has 0 aliphatic heterocycles. The van der Waals surface area contributed by atoms with Gasteiger partial charge in [-0.2, -0.15) is 5.10 Å². The number of nitrogens with one attached hydrogen (secondary N) is 1. The standard InChI is InChI=1S/C14H16N6O/c1-2-21-11-5-10(6-17-7-11)14(19-15)12-8-18-20-4-3-16-9-13(12)20/h3-9,14,19H,2,15H2,1H3. The topological polar surface area (TPSA) is 90.4 Å². The van der Waals surface area contributed by atoms with E-state index in [-0.39, 0.29) is 6.04 Å². The van der Waals surface area contributed by atoms with Crippen LogP contribution in [-0.4, -0.2) is 26.2 Å². The van der Waals surface area contributed by atoms with Gasteiger partial charge in [-0.1, -0.05) is 0 Å². The number of nitrogens with zero attached hydrogens (tertiary/aromatic N) is 4. The van der Waals surface area contributed by atoms with Gasteiger partial charge in [-0.05, 0) is 18.6 Å². The maximum atomic E-state index is 5.74. The molecule has 7 heteroatoms. The molecule has 0 radical (unpaired) electrons. The van der Waals surface area contributed by atoms with E-state index in [1.165, 1.54) is 0 Å². The highest BCUT2D eigenvalue weighted by Crippen LogP contribution is 2.26. The second-order valence-electron chi connectivity index (χ2n) is 4.49. The van der Waals surface area contributed by atoms with Crippen LogP contribution in [-0.2, 0) is 0 Å². The van der Waals surface area contributed by atoms with Crippen LogP contribution in [0.4, 0.5) is 0 Å². The second kappa shape index (κ2) is 5.86. The van der Waals surface area contributed by atoms with Gasteiger partial charge < -0.3 is 4.74 Å². The lowest BCUT2D eigenvalue weighted by molar-refractivity contribution is 0.338. The minimum atomic E-state index is -0.236. The predicted molar refractivity (Wildman–Crippen MR) is 77.6 cm³/mol. The molecule has 1 atom stereocenters. The van der Waals surface area contributed by atoms with Crippen LogP contribution in [0.15, 0.2) is 43.2 Å². The van der Waals surface area contributed by atoms with Crippen molar-refractivity contribution in [2.75, 3.05) is 6.61 Å². The fraction of sp³-hybridized carbons (Fsp3) is 0.214. The van der Waals surface area contributed by atoms with Crippen molar-refractivity contribution in [2.45, 2.75) is 13.0 Å². The number of fused-ring (bicyclic) bond motifs is 1. The third kappa shape index (κ3) is 2.56. The molecule has 0 aliphatic carbocycles. The van der Waals surface area contributed by atoms with Crippen molar-refractivity contribution in [3.05, 3.63) is 54.4 Å². The zero-order valence-electron chi connectivity index (χ0n) is 11.6. The SMILES string of the molecule is CCOc1cncc(C(NN)c2cnn3ccncc23)c1. The maximum absolute atomic E-state index is 5.74. The summed E-state index contributed by atoms with van der Waals surface area (Å²) in [5, 5.41) is 4.30. The quantitative estimate of drug-likeness (QED) is 0.538. The Morgan fingerprint density at radius 2 is 2.19 bits per heavy atom. The average molecular weight is 284 g/mol. The van der Waals surface area contributed by atoms with E-state index in [2.05, 4.69) is 20.5 Å². The van der Waals surface area contributed by atoms with Crippen LogP contribution in [0.25, 0.3) is 5.52 Å². The number of pyridine rings is 1. The summed E-state index contributed by atoms with van der Waals surface area (Å²) >= 11 is 0. The number of nitrogens with two attached hydrogens (primary N) is 1. The predicted octanol–water partition coefficient (Wildman–Crippen LogP) is 1.08. The summed E-state index contributed by atoms with van der Waals surface area (Å²) < 4.78 is 7.24. The van der Waals surface area contributed by atoms with Crippen molar-refractivity contribution in [3.8, 4) is 5.75 Å². The number of hydrogen-bond acceptors (Lipinski definition) is 6. The van der Waals surface area contributed by atoms with Gasteiger partial charge in [0.15, 0.2) is 0 Å². The lowest BCUT2D eigenvalue weighted by Gasteiger charge is -2.16. The third-order valence-electron chi connectivity index (χ3n) is 3.21. The van der Waals surface area contributed by atoms with Gasteiger partial charge >= 0.3 is 0 Å². The smallest absolute Gasteiger partial charge is 0.137 e. The van der Waals surface area contributed by atoms with Crippen LogP contribution in [0.3, 0.4) is 0 Å². The zero-order chi connectivity index (χ0) is 14.7. The molecular weight excluding hydrogens is 268 g/mol. The molecule has 21 heavy (non-hydrogen) atoms. The van der Waals surface area contributed by atoms with Crippen molar-refractivity contribution >= 4 is 5.52 Å². The van der Waals surface area contributed by atoms with Crippen molar-refractivity contribution in [3.63, 3.8) is 0 Å². The third-order valence-corrected chi connectivity index (χ3v) is 3.21. The normalized spacial score (nSPS) is 12.5. The molecule has 0 fully saturated rings. The molecule has 3 N–H and O–H groups in total. The molecule has 108 valence electrons. The van der Waals surface area contributed by atoms with E-state index < -0.39 is 0 Å². The first-order chi connectivity index (χ1) is 10.3. The number of aromatic nitrogens is 4. The second-order valence-corrected chi connectivity index (χ2v) is 4.49. The van der Waals surface area contributed by atoms with Crippen LogP contribution in [0.1, 0.15) is 24.1 Å². The Labute approximate surface area is 121 Å². The Morgan fingerprint density at radius 1 is 1.29 bits per heavy atom. The van der Waals surface area contributed by atoms with Crippen molar-refractivity contribution in [2.24, 2.45) is 5.84 Å². The Hall–Kier alpha value is -2.51. The molecule has 0 aromatic carbocycles. The molecule has 3 aromatic rings. The highest BCUT2D eigenvalue weighted by molar-refractivity contribution is 5.55. The van der Waals surface area contributed by atoms with E-state index in [9.17, 15) is 0 Å². The lowest BCUT2D eigenvalue weighted by atomic mass is 10.0. The maximum Gasteiger partial charge on any atom is 0.137 e. The number of hydrogen-bond donors (Lipinski definition) is 2. The molecule has 0 saturated carbocycles. The first-order valence-corrected chi connectivity index (χ1v) is 6.64. The van der Waals surface area contributed by atoms with Gasteiger partial charge in [-0.25, -0.2) is 9.94 Å². The van der Waals surface area contributed by atoms with E-state index >= 15 is 0 Å². The highest BCUT2D eigenvalue weighted by atomic mass is 16.5. The number of hydrazine groups is 1. The van der Waals surface area contributed by atoms with Crippen LogP contribution in [0.2, 0.25) is 0 Å². The molecule has 0 aliphatic rings. The molecule has 1 unspecified atom stereocenters. The van der Waals surface area contributed by atoms with Gasteiger partial charge in [0, 0.05) is 24.2 Å². The van der Waals surface area contributed by atoms with Gasteiger partial charge in [0.2, 0.25) is 0 Å². The van der Waals surface area contributed by atoms with Crippen LogP contribution >= 0.6 is 0 Å². The Balaban J connectivity index is 2.03. The summed E-state index contributed by atoms with van der Waals surface area (Å²) in [6.45, 7) is 2.52. The molecule has 3 rings (SSSR count). The van der Waals surface area contributed by atoms with E-state index in [1.54, 1.807) is 41.7 Å². The van der Waals surface area contributed by atoms with Crippen molar-refractivity contribution < 1.29 is 4.74 Å². The first kappa shape index (κ1) is 13.5. The van der Waals surface area contributed by atoms with Gasteiger partial charge in [-0.3, -0.25) is 15.8 Å². The largest absolute Gasteiger partial charge is 0.492 e. The lowest BCUT2D eigenvalue weighted by Crippen LogP contribution is -2.28. The molecule has 0 bridgehead atoms. The van der Waals surface area contributed by atoms with Gasteiger partial charge in [0.1, 0.15) is 5.75 Å². The van der Waals surface area contributed by atoms with Crippen molar-refractivity contribution in [1.82, 2.24) is 25.0 Å². The first-order valence-electron chi connectivity index (χ1n) is 6.64. The zero-order valence-corrected chi connectivity index (χ0v) is 11.6. The van der Waals surface area contributed by atoms with E-state index in [0.29, 0.717) is 12.4 Å². The number of ether oxygens (including phenoxy) is 1. The molecule has 0 amide bonds. The summed E-state index contributed by atoms with van der Waals surface area (Å²) in [5.74, 6) is 6.45. The summed E-state index contributed by atoms with van der Waals surface area (Å²) in [5.41, 5.74) is 5.53. The van der Waals surface area contributed by atoms with Crippen molar-refractivity contribution in [1.29, 1.82) is 0 Å². The molecule has 7 nitrogen and oxygen atoms in total. The van der Waals surface area contributed by atoms with Crippen LogP contribution in [0, 0.1) is 0 Å². The van der Waals surface area contributed by atoms with Gasteiger partial charge in [0.05, 0.1) is 36.8 Å². The fourth-order valence-electron chi connectivity index (χ4n) is 2.28. The Morgan fingerprint density at radius 3 is 3.00 bits per heavy atom. The minimum absolute atomic E-state index is 0.236. The highest BCUT2D eigenvalue weighted by Gasteiger charge is 2.18. The molecule has 3 heterocycles. The molecular formula is C14H16N6O.